The van der Waals surface area contributed by atoms with Crippen molar-refractivity contribution in [1.82, 2.24) is 4.90 Å². The molecule has 27 heavy (non-hydrogen) atoms. The molecule has 1 aliphatic carbocycles. The quantitative estimate of drug-likeness (QED) is 0.845. The number of aryl methyl sites for hydroxylation is 1. The molecule has 2 aromatic rings. The zero-order valence-electron chi connectivity index (χ0n) is 15.2. The molecule has 2 aromatic carbocycles. The van der Waals surface area contributed by atoms with Gasteiger partial charge in [0.15, 0.2) is 6.29 Å². The van der Waals surface area contributed by atoms with Crippen molar-refractivity contribution >= 4 is 12.2 Å². The van der Waals surface area contributed by atoms with Crippen LogP contribution < -0.4 is 0 Å². The average molecular weight is 365 g/mol. The monoisotopic (exact) mass is 365 g/mol. The Morgan fingerprint density at radius 2 is 2.04 bits per heavy atom. The van der Waals surface area contributed by atoms with E-state index in [9.17, 15) is 14.7 Å². The Morgan fingerprint density at radius 1 is 1.19 bits per heavy atom. The van der Waals surface area contributed by atoms with Gasteiger partial charge in [0.2, 0.25) is 5.91 Å². The van der Waals surface area contributed by atoms with Gasteiger partial charge >= 0.3 is 0 Å². The van der Waals surface area contributed by atoms with E-state index >= 15 is 0 Å². The van der Waals surface area contributed by atoms with Crippen LogP contribution in [0.2, 0.25) is 0 Å². The molecule has 1 heterocycles. The van der Waals surface area contributed by atoms with Crippen LogP contribution in [0.5, 0.6) is 5.75 Å². The molecule has 4 rings (SSSR count). The molecule has 0 bridgehead atoms. The molecule has 0 spiro atoms. The van der Waals surface area contributed by atoms with Gasteiger partial charge in [0.05, 0.1) is 11.7 Å². The number of phenolic OH excluding ortho intramolecular Hbond substituents is 1. The summed E-state index contributed by atoms with van der Waals surface area (Å²) in [6.07, 6.45) is 4.26. The zero-order valence-corrected chi connectivity index (χ0v) is 15.2. The van der Waals surface area contributed by atoms with Crippen LogP contribution in [0.1, 0.15) is 51.6 Å². The molecule has 0 saturated carbocycles. The molecular weight excluding hydrogens is 342 g/mol. The van der Waals surface area contributed by atoms with Crippen molar-refractivity contribution in [1.29, 1.82) is 0 Å². The zero-order chi connectivity index (χ0) is 18.8. The Balaban J connectivity index is 1.40. The van der Waals surface area contributed by atoms with E-state index in [4.69, 9.17) is 4.74 Å². The SMILES string of the molecule is O=Cc1ccc2c(c1O)CCN(C(=O)COC1CCCc3ccccc31)C2. The van der Waals surface area contributed by atoms with Gasteiger partial charge in [-0.2, -0.15) is 0 Å². The van der Waals surface area contributed by atoms with Crippen LogP contribution in [-0.4, -0.2) is 35.4 Å². The van der Waals surface area contributed by atoms with Gasteiger partial charge < -0.3 is 14.7 Å². The molecular formula is C22H23NO4. The third kappa shape index (κ3) is 3.47. The lowest BCUT2D eigenvalue weighted by molar-refractivity contribution is -0.139. The maximum Gasteiger partial charge on any atom is 0.248 e. The third-order valence-electron chi connectivity index (χ3n) is 5.61. The predicted octanol–water partition coefficient (Wildman–Crippen LogP) is 3.18. The van der Waals surface area contributed by atoms with Gasteiger partial charge in [-0.25, -0.2) is 0 Å². The second-order valence-corrected chi connectivity index (χ2v) is 7.21. The largest absolute Gasteiger partial charge is 0.507 e. The summed E-state index contributed by atoms with van der Waals surface area (Å²) in [5, 5.41) is 10.2. The number of hydrogen-bond donors (Lipinski definition) is 1. The molecule has 0 saturated heterocycles. The number of fused-ring (bicyclic) bond motifs is 2. The van der Waals surface area contributed by atoms with E-state index in [1.165, 1.54) is 11.1 Å². The molecule has 1 unspecified atom stereocenters. The van der Waals surface area contributed by atoms with E-state index in [0.717, 1.165) is 30.4 Å². The standard InChI is InChI=1S/C22H23NO4/c24-13-17-9-8-16-12-23(11-10-19(16)22(17)26)21(25)14-27-20-7-3-5-15-4-1-2-6-18(15)20/h1-2,4,6,8-9,13,20,26H,3,5,7,10-12,14H2. The highest BCUT2D eigenvalue weighted by Crippen LogP contribution is 2.33. The van der Waals surface area contributed by atoms with Crippen LogP contribution >= 0.6 is 0 Å². The second-order valence-electron chi connectivity index (χ2n) is 7.21. The number of amides is 1. The van der Waals surface area contributed by atoms with Gasteiger partial charge in [-0.3, -0.25) is 9.59 Å². The van der Waals surface area contributed by atoms with Crippen molar-refractivity contribution in [3.05, 3.63) is 64.2 Å². The number of aromatic hydroxyl groups is 1. The summed E-state index contributed by atoms with van der Waals surface area (Å²) in [6.45, 7) is 1.02. The van der Waals surface area contributed by atoms with Crippen LogP contribution in [0.25, 0.3) is 0 Å². The number of benzene rings is 2. The third-order valence-corrected chi connectivity index (χ3v) is 5.61. The van der Waals surface area contributed by atoms with E-state index in [0.29, 0.717) is 31.4 Å². The minimum Gasteiger partial charge on any atom is -0.507 e. The van der Waals surface area contributed by atoms with Crippen molar-refractivity contribution < 1.29 is 19.4 Å². The highest BCUT2D eigenvalue weighted by molar-refractivity contribution is 5.81. The first-order chi connectivity index (χ1) is 13.2. The lowest BCUT2D eigenvalue weighted by Crippen LogP contribution is -2.38. The predicted molar refractivity (Wildman–Crippen MR) is 101 cm³/mol. The number of hydrogen-bond acceptors (Lipinski definition) is 4. The molecule has 1 N–H and O–H groups in total. The highest BCUT2D eigenvalue weighted by Gasteiger charge is 2.26. The summed E-state index contributed by atoms with van der Waals surface area (Å²) < 4.78 is 5.99. The van der Waals surface area contributed by atoms with Crippen LogP contribution in [0.4, 0.5) is 0 Å². The Labute approximate surface area is 158 Å². The molecule has 5 nitrogen and oxygen atoms in total. The van der Waals surface area contributed by atoms with Gasteiger partial charge in [-0.15, -0.1) is 0 Å². The number of ether oxygens (including phenoxy) is 1. The average Bonchev–Trinajstić information content (AvgIpc) is 2.72. The summed E-state index contributed by atoms with van der Waals surface area (Å²) in [4.78, 5) is 25.4. The van der Waals surface area contributed by atoms with E-state index < -0.39 is 0 Å². The lowest BCUT2D eigenvalue weighted by atomic mass is 9.89. The molecule has 140 valence electrons. The number of phenols is 1. The van der Waals surface area contributed by atoms with E-state index in [2.05, 4.69) is 12.1 Å². The van der Waals surface area contributed by atoms with Crippen LogP contribution in [0.15, 0.2) is 36.4 Å². The Kier molecular flexibility index (Phi) is 4.94. The molecule has 0 aromatic heterocycles. The summed E-state index contributed by atoms with van der Waals surface area (Å²) in [5.41, 5.74) is 4.47. The first-order valence-electron chi connectivity index (χ1n) is 9.43. The number of nitrogens with zero attached hydrogens (tertiary/aromatic N) is 1. The first-order valence-corrected chi connectivity index (χ1v) is 9.43. The van der Waals surface area contributed by atoms with E-state index in [1.54, 1.807) is 11.0 Å². The van der Waals surface area contributed by atoms with Crippen molar-refractivity contribution in [3.63, 3.8) is 0 Å². The van der Waals surface area contributed by atoms with Crippen molar-refractivity contribution in [3.8, 4) is 5.75 Å². The van der Waals surface area contributed by atoms with Gasteiger partial charge in [0.1, 0.15) is 12.4 Å². The molecule has 1 atom stereocenters. The molecule has 1 aliphatic heterocycles. The fourth-order valence-corrected chi connectivity index (χ4v) is 4.11. The van der Waals surface area contributed by atoms with E-state index in [-0.39, 0.29) is 24.4 Å². The minimum atomic E-state index is -0.0392. The summed E-state index contributed by atoms with van der Waals surface area (Å²) >= 11 is 0. The van der Waals surface area contributed by atoms with E-state index in [1.807, 2.05) is 18.2 Å². The maximum absolute atomic E-state index is 12.7. The van der Waals surface area contributed by atoms with Gasteiger partial charge in [0, 0.05) is 18.7 Å². The smallest absolute Gasteiger partial charge is 0.248 e. The number of carbonyl (C=O) groups is 2. The molecule has 0 fully saturated rings. The Bertz CT molecular complexity index is 877. The number of aldehydes is 1. The maximum atomic E-state index is 12.7. The first kappa shape index (κ1) is 17.7. The van der Waals surface area contributed by atoms with Crippen LogP contribution in [0, 0.1) is 0 Å². The van der Waals surface area contributed by atoms with Crippen molar-refractivity contribution in [2.75, 3.05) is 13.2 Å². The Hall–Kier alpha value is -2.66. The normalized spacial score (nSPS) is 18.5. The summed E-state index contributed by atoms with van der Waals surface area (Å²) in [7, 11) is 0. The molecule has 1 amide bonds. The molecule has 0 radical (unpaired) electrons. The van der Waals surface area contributed by atoms with Gasteiger partial charge in [-0.05, 0) is 48.4 Å². The topological polar surface area (TPSA) is 66.8 Å². The Morgan fingerprint density at radius 3 is 2.89 bits per heavy atom. The summed E-state index contributed by atoms with van der Waals surface area (Å²) in [6, 6.07) is 11.7. The van der Waals surface area contributed by atoms with Crippen molar-refractivity contribution in [2.45, 2.75) is 38.3 Å². The highest BCUT2D eigenvalue weighted by atomic mass is 16.5. The van der Waals surface area contributed by atoms with Crippen LogP contribution in [-0.2, 0) is 28.9 Å². The number of rotatable bonds is 4. The lowest BCUT2D eigenvalue weighted by Gasteiger charge is -2.31. The van der Waals surface area contributed by atoms with Gasteiger partial charge in [0.25, 0.3) is 0 Å². The van der Waals surface area contributed by atoms with Crippen molar-refractivity contribution in [2.24, 2.45) is 0 Å². The van der Waals surface area contributed by atoms with Crippen LogP contribution in [0.3, 0.4) is 0 Å². The number of carbonyl (C=O) groups excluding carboxylic acids is 2. The molecule has 2 aliphatic rings. The van der Waals surface area contributed by atoms with Gasteiger partial charge in [-0.1, -0.05) is 30.3 Å². The minimum absolute atomic E-state index is 0.0184. The summed E-state index contributed by atoms with van der Waals surface area (Å²) in [5.74, 6) is 0.00678. The fourth-order valence-electron chi connectivity index (χ4n) is 4.11. The second kappa shape index (κ2) is 7.53. The molecule has 5 heteroatoms. The fraction of sp³-hybridized carbons (Fsp3) is 0.364.